The summed E-state index contributed by atoms with van der Waals surface area (Å²) < 4.78 is 4.96. The second-order valence-corrected chi connectivity index (χ2v) is 3.79. The predicted molar refractivity (Wildman–Crippen MR) is 62.6 cm³/mol. The van der Waals surface area contributed by atoms with Crippen molar-refractivity contribution in [2.75, 3.05) is 18.5 Å². The maximum atomic E-state index is 10.7. The minimum Gasteiger partial charge on any atom is -0.448 e. The number of aromatic nitrogens is 1. The monoisotopic (exact) mass is 304 g/mol. The molecular weight excluding hydrogens is 296 g/mol. The minimum atomic E-state index is -0.898. The van der Waals surface area contributed by atoms with Gasteiger partial charge in [-0.1, -0.05) is 0 Å². The number of nitrogens with zero attached hydrogens (tertiary/aromatic N) is 2. The summed E-state index contributed by atoms with van der Waals surface area (Å²) in [4.78, 5) is 24.3. The number of hydrogen-bond donors (Lipinski definition) is 2. The third-order valence-electron chi connectivity index (χ3n) is 1.67. The van der Waals surface area contributed by atoms with Crippen molar-refractivity contribution < 1.29 is 14.5 Å². The van der Waals surface area contributed by atoms with Gasteiger partial charge in [0, 0.05) is 16.7 Å². The minimum absolute atomic E-state index is 0.00420. The highest BCUT2D eigenvalue weighted by atomic mass is 79.9. The van der Waals surface area contributed by atoms with E-state index in [2.05, 4.69) is 31.0 Å². The van der Waals surface area contributed by atoms with Crippen LogP contribution >= 0.6 is 15.9 Å². The molecule has 0 unspecified atom stereocenters. The third-order valence-corrected chi connectivity index (χ3v) is 2.10. The van der Waals surface area contributed by atoms with Crippen LogP contribution in [0.2, 0.25) is 0 Å². The average molecular weight is 305 g/mol. The molecule has 1 heterocycles. The summed E-state index contributed by atoms with van der Waals surface area (Å²) in [6.07, 6.45) is 0.523. The van der Waals surface area contributed by atoms with Crippen molar-refractivity contribution in [2.24, 2.45) is 5.73 Å². The molecule has 0 spiro atoms. The summed E-state index contributed by atoms with van der Waals surface area (Å²) >= 11 is 3.08. The number of halogens is 1. The highest BCUT2D eigenvalue weighted by Gasteiger charge is 2.15. The molecule has 9 heteroatoms. The molecule has 1 rings (SSSR count). The Bertz CT molecular complexity index is 440. The second kappa shape index (κ2) is 5.99. The smallest absolute Gasteiger partial charge is 0.404 e. The fourth-order valence-corrected chi connectivity index (χ4v) is 1.34. The number of pyridine rings is 1. The van der Waals surface area contributed by atoms with Crippen LogP contribution in [0.25, 0.3) is 0 Å². The summed E-state index contributed by atoms with van der Waals surface area (Å²) in [7, 11) is 0. The molecule has 0 aliphatic heterocycles. The van der Waals surface area contributed by atoms with Crippen LogP contribution < -0.4 is 11.1 Å². The van der Waals surface area contributed by atoms with E-state index >= 15 is 0 Å². The van der Waals surface area contributed by atoms with E-state index in [9.17, 15) is 14.9 Å². The first kappa shape index (κ1) is 13.2. The number of carbonyl (C=O) groups excluding carboxylic acids is 1. The van der Waals surface area contributed by atoms with E-state index in [4.69, 9.17) is 5.73 Å². The van der Waals surface area contributed by atoms with Gasteiger partial charge < -0.3 is 15.8 Å². The first-order valence-corrected chi connectivity index (χ1v) is 5.26. The van der Waals surface area contributed by atoms with Gasteiger partial charge >= 0.3 is 11.8 Å². The fourth-order valence-electron chi connectivity index (χ4n) is 1.03. The van der Waals surface area contributed by atoms with Crippen molar-refractivity contribution in [3.8, 4) is 0 Å². The van der Waals surface area contributed by atoms with Gasteiger partial charge in [0.25, 0.3) is 0 Å². The molecule has 0 atom stereocenters. The van der Waals surface area contributed by atoms with E-state index in [0.29, 0.717) is 4.47 Å². The van der Waals surface area contributed by atoms with Crippen LogP contribution in [0, 0.1) is 10.1 Å². The molecule has 17 heavy (non-hydrogen) atoms. The molecule has 0 bridgehead atoms. The van der Waals surface area contributed by atoms with Crippen LogP contribution in [-0.4, -0.2) is 29.2 Å². The SMILES string of the molecule is NC(=O)OCCNc1ncc(Br)cc1[N+](=O)[O-]. The van der Waals surface area contributed by atoms with Crippen LogP contribution in [0.15, 0.2) is 16.7 Å². The second-order valence-electron chi connectivity index (χ2n) is 2.87. The Morgan fingerprint density at radius 1 is 1.71 bits per heavy atom. The lowest BCUT2D eigenvalue weighted by Gasteiger charge is -2.06. The van der Waals surface area contributed by atoms with Gasteiger partial charge in [0.05, 0.1) is 11.5 Å². The molecule has 1 amide bonds. The molecule has 3 N–H and O–H groups in total. The lowest BCUT2D eigenvalue weighted by atomic mass is 10.4. The summed E-state index contributed by atoms with van der Waals surface area (Å²) in [5, 5.41) is 13.4. The molecular formula is C8H9BrN4O4. The van der Waals surface area contributed by atoms with Gasteiger partial charge in [-0.2, -0.15) is 0 Å². The molecule has 0 radical (unpaired) electrons. The van der Waals surface area contributed by atoms with Crippen molar-refractivity contribution in [2.45, 2.75) is 0 Å². The Morgan fingerprint density at radius 3 is 3.00 bits per heavy atom. The Balaban J connectivity index is 2.64. The average Bonchev–Trinajstić information content (AvgIpc) is 2.25. The molecule has 0 aliphatic carbocycles. The van der Waals surface area contributed by atoms with Gasteiger partial charge in [-0.3, -0.25) is 10.1 Å². The molecule has 0 saturated carbocycles. The van der Waals surface area contributed by atoms with Gasteiger partial charge in [0.1, 0.15) is 6.61 Å². The van der Waals surface area contributed by atoms with E-state index in [1.54, 1.807) is 0 Å². The lowest BCUT2D eigenvalue weighted by Crippen LogP contribution is -2.19. The van der Waals surface area contributed by atoms with E-state index in [1.807, 2.05) is 0 Å². The van der Waals surface area contributed by atoms with Crippen LogP contribution in [0.4, 0.5) is 16.3 Å². The highest BCUT2D eigenvalue weighted by Crippen LogP contribution is 2.24. The highest BCUT2D eigenvalue weighted by molar-refractivity contribution is 9.10. The molecule has 0 aromatic carbocycles. The molecule has 8 nitrogen and oxygen atoms in total. The van der Waals surface area contributed by atoms with Crippen LogP contribution in [0.1, 0.15) is 0 Å². The number of amides is 1. The fraction of sp³-hybridized carbons (Fsp3) is 0.250. The number of hydrogen-bond acceptors (Lipinski definition) is 6. The van der Waals surface area contributed by atoms with Crippen molar-refractivity contribution >= 4 is 33.5 Å². The van der Waals surface area contributed by atoms with Crippen LogP contribution in [-0.2, 0) is 4.74 Å². The summed E-state index contributed by atoms with van der Waals surface area (Å²) in [6, 6.07) is 1.32. The number of carbonyl (C=O) groups is 1. The number of nitrogens with one attached hydrogen (secondary N) is 1. The largest absolute Gasteiger partial charge is 0.448 e. The number of ether oxygens (including phenoxy) is 1. The normalized spacial score (nSPS) is 9.71. The van der Waals surface area contributed by atoms with Crippen molar-refractivity contribution in [3.63, 3.8) is 0 Å². The van der Waals surface area contributed by atoms with E-state index in [-0.39, 0.29) is 24.7 Å². The maximum Gasteiger partial charge on any atom is 0.404 e. The van der Waals surface area contributed by atoms with Crippen molar-refractivity contribution in [1.82, 2.24) is 4.98 Å². The van der Waals surface area contributed by atoms with Gasteiger partial charge in [0.2, 0.25) is 5.82 Å². The van der Waals surface area contributed by atoms with Crippen molar-refractivity contribution in [3.05, 3.63) is 26.9 Å². The Kier molecular flexibility index (Phi) is 4.64. The Morgan fingerprint density at radius 2 is 2.41 bits per heavy atom. The molecule has 0 saturated heterocycles. The Hall–Kier alpha value is -1.90. The summed E-state index contributed by atoms with van der Waals surface area (Å²) in [5.41, 5.74) is 4.58. The third kappa shape index (κ3) is 4.23. The number of rotatable bonds is 5. The standard InChI is InChI=1S/C8H9BrN4O4/c9-5-3-6(13(15)16)7(12-4-5)11-1-2-17-8(10)14/h3-4H,1-2H2,(H2,10,14)(H,11,12). The first-order valence-electron chi connectivity index (χ1n) is 4.46. The zero-order valence-electron chi connectivity index (χ0n) is 8.55. The Labute approximate surface area is 104 Å². The molecule has 1 aromatic heterocycles. The molecule has 1 aromatic rings. The van der Waals surface area contributed by atoms with E-state index in [1.165, 1.54) is 12.3 Å². The number of nitro groups is 1. The molecule has 0 fully saturated rings. The quantitative estimate of drug-likeness (QED) is 0.480. The van der Waals surface area contributed by atoms with Gasteiger partial charge in [0.15, 0.2) is 0 Å². The first-order chi connectivity index (χ1) is 8.00. The van der Waals surface area contributed by atoms with Crippen molar-refractivity contribution in [1.29, 1.82) is 0 Å². The zero-order chi connectivity index (χ0) is 12.8. The van der Waals surface area contributed by atoms with Crippen LogP contribution in [0.3, 0.4) is 0 Å². The number of primary amides is 1. The summed E-state index contributed by atoms with van der Waals surface area (Å²) in [5.74, 6) is 0.103. The molecule has 92 valence electrons. The van der Waals surface area contributed by atoms with Crippen LogP contribution in [0.5, 0.6) is 0 Å². The van der Waals surface area contributed by atoms with Gasteiger partial charge in [-0.25, -0.2) is 9.78 Å². The topological polar surface area (TPSA) is 120 Å². The van der Waals surface area contributed by atoms with Gasteiger partial charge in [-0.05, 0) is 15.9 Å². The van der Waals surface area contributed by atoms with E-state index in [0.717, 1.165) is 0 Å². The van der Waals surface area contributed by atoms with Gasteiger partial charge in [-0.15, -0.1) is 0 Å². The number of nitrogens with two attached hydrogens (primary N) is 1. The number of anilines is 1. The maximum absolute atomic E-state index is 10.7. The predicted octanol–water partition coefficient (Wildman–Crippen LogP) is 1.26. The van der Waals surface area contributed by atoms with E-state index < -0.39 is 11.0 Å². The summed E-state index contributed by atoms with van der Waals surface area (Å²) in [6.45, 7) is 0.183. The zero-order valence-corrected chi connectivity index (χ0v) is 10.1. The molecule has 0 aliphatic rings. The lowest BCUT2D eigenvalue weighted by molar-refractivity contribution is -0.384.